The van der Waals surface area contributed by atoms with Crippen molar-refractivity contribution in [3.05, 3.63) is 17.5 Å². The van der Waals surface area contributed by atoms with Gasteiger partial charge in [0.15, 0.2) is 0 Å². The Morgan fingerprint density at radius 1 is 1.33 bits per heavy atom. The number of aryl methyl sites for hydroxylation is 2. The van der Waals surface area contributed by atoms with Crippen LogP contribution in [-0.2, 0) is 20.0 Å². The molecule has 1 aromatic heterocycles. The summed E-state index contributed by atoms with van der Waals surface area (Å²) in [5.41, 5.74) is 2.83. The van der Waals surface area contributed by atoms with Gasteiger partial charge in [-0.1, -0.05) is 34.6 Å². The van der Waals surface area contributed by atoms with Gasteiger partial charge in [0.1, 0.15) is 0 Å². The van der Waals surface area contributed by atoms with Gasteiger partial charge in [0, 0.05) is 38.8 Å². The molecule has 1 fully saturated rings. The predicted molar refractivity (Wildman–Crippen MR) is 88.3 cm³/mol. The van der Waals surface area contributed by atoms with E-state index in [2.05, 4.69) is 67.7 Å². The zero-order valence-corrected chi connectivity index (χ0v) is 14.6. The first kappa shape index (κ1) is 16.5. The monoisotopic (exact) mass is 292 g/mol. The van der Waals surface area contributed by atoms with E-state index in [1.54, 1.807) is 0 Å². The Bertz CT molecular complexity index is 458. The van der Waals surface area contributed by atoms with Crippen molar-refractivity contribution in [2.75, 3.05) is 13.1 Å². The van der Waals surface area contributed by atoms with Crippen molar-refractivity contribution in [3.8, 4) is 0 Å². The van der Waals surface area contributed by atoms with Crippen molar-refractivity contribution in [3.63, 3.8) is 0 Å². The molecule has 2 unspecified atom stereocenters. The van der Waals surface area contributed by atoms with Gasteiger partial charge in [0.25, 0.3) is 0 Å². The summed E-state index contributed by atoms with van der Waals surface area (Å²) in [7, 11) is 2.07. The lowest BCUT2D eigenvalue weighted by Gasteiger charge is -2.44. The zero-order valence-electron chi connectivity index (χ0n) is 14.6. The van der Waals surface area contributed by atoms with Crippen molar-refractivity contribution in [2.24, 2.45) is 12.5 Å². The smallest absolute Gasteiger partial charge is 0.0625 e. The van der Waals surface area contributed by atoms with Crippen LogP contribution in [0.25, 0.3) is 0 Å². The second kappa shape index (κ2) is 6.49. The van der Waals surface area contributed by atoms with Crippen molar-refractivity contribution >= 4 is 0 Å². The highest BCUT2D eigenvalue weighted by Crippen LogP contribution is 2.25. The van der Waals surface area contributed by atoms with Crippen molar-refractivity contribution in [1.82, 2.24) is 20.0 Å². The second-order valence-corrected chi connectivity index (χ2v) is 7.42. The molecule has 4 nitrogen and oxygen atoms in total. The van der Waals surface area contributed by atoms with Crippen molar-refractivity contribution in [2.45, 2.75) is 66.1 Å². The van der Waals surface area contributed by atoms with E-state index in [0.717, 1.165) is 26.1 Å². The molecule has 0 aliphatic carbocycles. The third-order valence-electron chi connectivity index (χ3n) is 4.80. The Kier molecular flexibility index (Phi) is 5.10. The van der Waals surface area contributed by atoms with Crippen LogP contribution in [0.2, 0.25) is 0 Å². The lowest BCUT2D eigenvalue weighted by molar-refractivity contribution is 0.0755. The van der Waals surface area contributed by atoms with Crippen LogP contribution < -0.4 is 5.32 Å². The van der Waals surface area contributed by atoms with Crippen LogP contribution in [0, 0.1) is 5.41 Å². The molecule has 120 valence electrons. The molecular formula is C17H32N4. The van der Waals surface area contributed by atoms with Crippen molar-refractivity contribution < 1.29 is 0 Å². The van der Waals surface area contributed by atoms with Crippen LogP contribution >= 0.6 is 0 Å². The van der Waals surface area contributed by atoms with E-state index in [-0.39, 0.29) is 0 Å². The molecule has 21 heavy (non-hydrogen) atoms. The molecule has 1 aliphatic heterocycles. The van der Waals surface area contributed by atoms with Crippen LogP contribution in [0.5, 0.6) is 0 Å². The average Bonchev–Trinajstić information content (AvgIpc) is 2.78. The Labute approximate surface area is 129 Å². The Hall–Kier alpha value is -0.870. The van der Waals surface area contributed by atoms with Crippen molar-refractivity contribution in [1.29, 1.82) is 0 Å². The highest BCUT2D eigenvalue weighted by Gasteiger charge is 2.33. The topological polar surface area (TPSA) is 33.1 Å². The molecule has 1 aromatic rings. The maximum atomic E-state index is 4.59. The summed E-state index contributed by atoms with van der Waals surface area (Å²) < 4.78 is 2.06. The van der Waals surface area contributed by atoms with Crippen LogP contribution in [0.15, 0.2) is 6.07 Å². The normalized spacial score (nSPS) is 24.5. The zero-order chi connectivity index (χ0) is 15.6. The molecule has 2 atom stereocenters. The van der Waals surface area contributed by atoms with Gasteiger partial charge in [-0.2, -0.15) is 5.10 Å². The third-order valence-corrected chi connectivity index (χ3v) is 4.80. The van der Waals surface area contributed by atoms with Crippen LogP contribution in [0.3, 0.4) is 0 Å². The van der Waals surface area contributed by atoms with E-state index in [9.17, 15) is 0 Å². The molecule has 0 saturated carbocycles. The molecule has 0 amide bonds. The molecule has 0 bridgehead atoms. The number of aromatic nitrogens is 2. The Morgan fingerprint density at radius 2 is 2.05 bits per heavy atom. The first-order chi connectivity index (χ1) is 9.85. The maximum Gasteiger partial charge on any atom is 0.0625 e. The van der Waals surface area contributed by atoms with E-state index in [4.69, 9.17) is 0 Å². The number of rotatable bonds is 4. The molecule has 1 aliphatic rings. The van der Waals surface area contributed by atoms with Gasteiger partial charge < -0.3 is 5.32 Å². The van der Waals surface area contributed by atoms with E-state index < -0.39 is 0 Å². The molecule has 0 radical (unpaired) electrons. The van der Waals surface area contributed by atoms with Crippen LogP contribution in [0.4, 0.5) is 0 Å². The summed E-state index contributed by atoms with van der Waals surface area (Å²) >= 11 is 0. The fraction of sp³-hybridized carbons (Fsp3) is 0.824. The largest absolute Gasteiger partial charge is 0.311 e. The number of hydrogen-bond acceptors (Lipinski definition) is 3. The highest BCUT2D eigenvalue weighted by atomic mass is 15.3. The number of nitrogens with zero attached hydrogens (tertiary/aromatic N) is 3. The van der Waals surface area contributed by atoms with Gasteiger partial charge in [-0.25, -0.2) is 0 Å². The highest BCUT2D eigenvalue weighted by molar-refractivity contribution is 5.11. The van der Waals surface area contributed by atoms with Gasteiger partial charge in [-0.3, -0.25) is 9.58 Å². The average molecular weight is 292 g/mol. The van der Waals surface area contributed by atoms with Gasteiger partial charge in [0.2, 0.25) is 0 Å². The van der Waals surface area contributed by atoms with Gasteiger partial charge in [0.05, 0.1) is 11.4 Å². The second-order valence-electron chi connectivity index (χ2n) is 7.42. The van der Waals surface area contributed by atoms with E-state index in [1.165, 1.54) is 17.8 Å². The fourth-order valence-electron chi connectivity index (χ4n) is 3.13. The molecule has 0 spiro atoms. The van der Waals surface area contributed by atoms with Gasteiger partial charge >= 0.3 is 0 Å². The van der Waals surface area contributed by atoms with E-state index in [0.29, 0.717) is 17.5 Å². The molecule has 2 heterocycles. The third kappa shape index (κ3) is 3.86. The fourth-order valence-corrected chi connectivity index (χ4v) is 3.13. The molecule has 1 saturated heterocycles. The van der Waals surface area contributed by atoms with Gasteiger partial charge in [-0.05, 0) is 24.3 Å². The quantitative estimate of drug-likeness (QED) is 0.926. The summed E-state index contributed by atoms with van der Waals surface area (Å²) in [4.78, 5) is 2.64. The number of nitrogens with one attached hydrogen (secondary N) is 1. The van der Waals surface area contributed by atoms with Crippen LogP contribution in [0.1, 0.15) is 52.4 Å². The van der Waals surface area contributed by atoms with E-state index in [1.807, 2.05) is 0 Å². The van der Waals surface area contributed by atoms with Crippen LogP contribution in [-0.4, -0.2) is 39.9 Å². The standard InChI is InChI=1S/C17H32N4/c1-7-13-9-15(20(6)19-13)11-21-12-16(17(3,4)5)18-10-14(21)8-2/h9,14,16,18H,7-8,10-12H2,1-6H3. The molecule has 2 rings (SSSR count). The minimum Gasteiger partial charge on any atom is -0.311 e. The minimum absolute atomic E-state index is 0.304. The first-order valence-corrected chi connectivity index (χ1v) is 8.34. The Morgan fingerprint density at radius 3 is 2.57 bits per heavy atom. The summed E-state index contributed by atoms with van der Waals surface area (Å²) in [5.74, 6) is 0. The van der Waals surface area contributed by atoms with Gasteiger partial charge in [-0.15, -0.1) is 0 Å². The lowest BCUT2D eigenvalue weighted by Crippen LogP contribution is -2.59. The SMILES string of the molecule is CCc1cc(CN2CC(C(C)(C)C)NCC2CC)n(C)n1. The summed E-state index contributed by atoms with van der Waals surface area (Å²) in [6.07, 6.45) is 2.21. The summed E-state index contributed by atoms with van der Waals surface area (Å²) in [6, 6.07) is 3.45. The molecule has 4 heteroatoms. The van der Waals surface area contributed by atoms with E-state index >= 15 is 0 Å². The number of hydrogen-bond donors (Lipinski definition) is 1. The summed E-state index contributed by atoms with van der Waals surface area (Å²) in [6.45, 7) is 14.7. The molecule has 0 aromatic carbocycles. The maximum absolute atomic E-state index is 4.59. The minimum atomic E-state index is 0.304. The summed E-state index contributed by atoms with van der Waals surface area (Å²) in [5, 5.41) is 8.33. The Balaban J connectivity index is 2.12. The lowest BCUT2D eigenvalue weighted by atomic mass is 9.84. The molecular weight excluding hydrogens is 260 g/mol. The first-order valence-electron chi connectivity index (χ1n) is 8.34. The predicted octanol–water partition coefficient (Wildman–Crippen LogP) is 2.58. The number of piperazine rings is 1. The molecule has 1 N–H and O–H groups in total.